The third-order valence-corrected chi connectivity index (χ3v) is 1.91. The molecule has 0 aliphatic rings. The standard InChI is InChI=1S/C7H16.3HNO3/c1-5-7(3,4)6-2;3*2-1(3)4/h5-6H2,1-4H3;3*(H,2,3,4). The Morgan fingerprint density at radius 1 is 0.789 bits per heavy atom. The summed E-state index contributed by atoms with van der Waals surface area (Å²) in [5, 5.41) is 40.9. The fraction of sp³-hybridized carbons (Fsp3) is 1.00. The smallest absolute Gasteiger partial charge is 0.291 e. The van der Waals surface area contributed by atoms with Crippen LogP contribution in [0.2, 0.25) is 0 Å². The van der Waals surface area contributed by atoms with E-state index in [1.807, 2.05) is 0 Å². The normalized spacial score (nSPS) is 8.21. The van der Waals surface area contributed by atoms with E-state index in [9.17, 15) is 0 Å². The van der Waals surface area contributed by atoms with Crippen molar-refractivity contribution >= 4 is 0 Å². The Kier molecular flexibility index (Phi) is 20.9. The molecule has 0 heterocycles. The fourth-order valence-corrected chi connectivity index (χ4v) is 0.250. The summed E-state index contributed by atoms with van der Waals surface area (Å²) in [7, 11) is 0. The van der Waals surface area contributed by atoms with E-state index < -0.39 is 15.3 Å². The first-order valence-electron chi connectivity index (χ1n) is 4.82. The predicted octanol–water partition coefficient (Wildman–Crippen LogP) is 1.79. The highest BCUT2D eigenvalue weighted by molar-refractivity contribution is 4.61. The average molecular weight is 289 g/mol. The van der Waals surface area contributed by atoms with Crippen LogP contribution in [0, 0.1) is 35.8 Å². The van der Waals surface area contributed by atoms with Gasteiger partial charge in [0, 0.05) is 0 Å². The second kappa shape index (κ2) is 15.6. The minimum atomic E-state index is -1.50. The van der Waals surface area contributed by atoms with Crippen molar-refractivity contribution in [3.8, 4) is 0 Å². The Bertz CT molecular complexity index is 210. The van der Waals surface area contributed by atoms with E-state index in [4.69, 9.17) is 46.0 Å². The Labute approximate surface area is 108 Å². The van der Waals surface area contributed by atoms with Crippen LogP contribution in [-0.4, -0.2) is 30.9 Å². The molecular weight excluding hydrogens is 270 g/mol. The maximum absolute atomic E-state index is 8.36. The van der Waals surface area contributed by atoms with Crippen LogP contribution in [0.3, 0.4) is 0 Å². The molecule has 0 spiro atoms. The quantitative estimate of drug-likeness (QED) is 0.502. The number of hydrogen-bond acceptors (Lipinski definition) is 6. The van der Waals surface area contributed by atoms with Crippen molar-refractivity contribution in [1.29, 1.82) is 0 Å². The van der Waals surface area contributed by atoms with Gasteiger partial charge in [-0.2, -0.15) is 0 Å². The molecule has 0 aromatic heterocycles. The summed E-state index contributed by atoms with van der Waals surface area (Å²) in [5.41, 5.74) is 0.583. The summed E-state index contributed by atoms with van der Waals surface area (Å²) in [6.07, 6.45) is 2.59. The summed E-state index contributed by atoms with van der Waals surface area (Å²) >= 11 is 0. The second-order valence-corrected chi connectivity index (χ2v) is 3.58. The first-order chi connectivity index (χ1) is 8.32. The highest BCUT2D eigenvalue weighted by Crippen LogP contribution is 2.22. The van der Waals surface area contributed by atoms with Crippen LogP contribution in [0.15, 0.2) is 0 Å². The number of hydrogen-bond donors (Lipinski definition) is 3. The Hall–Kier alpha value is -2.40. The van der Waals surface area contributed by atoms with Crippen LogP contribution in [0.1, 0.15) is 40.5 Å². The minimum absolute atomic E-state index is 0.583. The zero-order valence-corrected chi connectivity index (χ0v) is 11.0. The number of rotatable bonds is 2. The third-order valence-electron chi connectivity index (χ3n) is 1.91. The lowest BCUT2D eigenvalue weighted by molar-refractivity contribution is -0.742. The first kappa shape index (κ1) is 25.4. The molecule has 116 valence electrons. The van der Waals surface area contributed by atoms with Crippen LogP contribution in [0.5, 0.6) is 0 Å². The van der Waals surface area contributed by atoms with Crippen LogP contribution in [0.4, 0.5) is 0 Å². The van der Waals surface area contributed by atoms with Gasteiger partial charge in [0.2, 0.25) is 0 Å². The van der Waals surface area contributed by atoms with Gasteiger partial charge in [0.25, 0.3) is 15.3 Å². The molecule has 0 fully saturated rings. The predicted molar refractivity (Wildman–Crippen MR) is 60.7 cm³/mol. The van der Waals surface area contributed by atoms with E-state index in [0.29, 0.717) is 5.41 Å². The summed E-state index contributed by atoms with van der Waals surface area (Å²) in [5.74, 6) is 0. The van der Waals surface area contributed by atoms with Crippen molar-refractivity contribution in [3.05, 3.63) is 30.3 Å². The SMILES string of the molecule is CCC(C)(C)CC.O=[N+]([O-])O.O=[N+]([O-])O.O=[N+]([O-])O. The lowest BCUT2D eigenvalue weighted by atomic mass is 9.88. The zero-order chi connectivity index (χ0) is 16.6. The van der Waals surface area contributed by atoms with Crippen molar-refractivity contribution in [2.75, 3.05) is 0 Å². The van der Waals surface area contributed by atoms with Crippen molar-refractivity contribution < 1.29 is 30.9 Å². The van der Waals surface area contributed by atoms with Gasteiger partial charge in [-0.1, -0.05) is 40.5 Å². The van der Waals surface area contributed by atoms with Crippen LogP contribution >= 0.6 is 0 Å². The van der Waals surface area contributed by atoms with Crippen LogP contribution in [-0.2, 0) is 0 Å². The van der Waals surface area contributed by atoms with Gasteiger partial charge in [0.1, 0.15) is 0 Å². The summed E-state index contributed by atoms with van der Waals surface area (Å²) < 4.78 is 0. The molecule has 0 atom stereocenters. The molecule has 0 rings (SSSR count). The Balaban J connectivity index is -0.0000000825. The topological polar surface area (TPSA) is 190 Å². The maximum atomic E-state index is 8.36. The molecule has 0 unspecified atom stereocenters. The highest BCUT2D eigenvalue weighted by Gasteiger charge is 2.09. The van der Waals surface area contributed by atoms with E-state index >= 15 is 0 Å². The van der Waals surface area contributed by atoms with Crippen molar-refractivity contribution in [2.45, 2.75) is 40.5 Å². The molecule has 0 saturated heterocycles. The summed E-state index contributed by atoms with van der Waals surface area (Å²) in [4.78, 5) is 25.1. The van der Waals surface area contributed by atoms with Crippen molar-refractivity contribution in [2.24, 2.45) is 5.41 Å². The van der Waals surface area contributed by atoms with E-state index in [0.717, 1.165) is 0 Å². The molecule has 3 N–H and O–H groups in total. The van der Waals surface area contributed by atoms with Crippen LogP contribution < -0.4 is 0 Å². The zero-order valence-electron chi connectivity index (χ0n) is 11.0. The van der Waals surface area contributed by atoms with E-state index in [1.165, 1.54) is 12.8 Å². The number of nitrogens with zero attached hydrogens (tertiary/aromatic N) is 3. The molecule has 0 radical (unpaired) electrons. The van der Waals surface area contributed by atoms with Gasteiger partial charge in [0.15, 0.2) is 0 Å². The minimum Gasteiger partial charge on any atom is -0.328 e. The second-order valence-electron chi connectivity index (χ2n) is 3.58. The molecule has 0 aliphatic heterocycles. The molecular formula is C7H19N3O9. The molecule has 12 heteroatoms. The molecule has 0 amide bonds. The van der Waals surface area contributed by atoms with Crippen LogP contribution in [0.25, 0.3) is 0 Å². The van der Waals surface area contributed by atoms with Gasteiger partial charge in [0.05, 0.1) is 0 Å². The molecule has 0 aromatic rings. The largest absolute Gasteiger partial charge is 0.328 e. The fourth-order valence-electron chi connectivity index (χ4n) is 0.250. The van der Waals surface area contributed by atoms with Gasteiger partial charge in [-0.3, -0.25) is 0 Å². The average Bonchev–Trinajstić information content (AvgIpc) is 2.15. The lowest BCUT2D eigenvalue weighted by Crippen LogP contribution is -2.05. The Morgan fingerprint density at radius 2 is 0.895 bits per heavy atom. The maximum Gasteiger partial charge on any atom is 0.291 e. The molecule has 0 saturated carbocycles. The highest BCUT2D eigenvalue weighted by atomic mass is 16.9. The molecule has 12 nitrogen and oxygen atoms in total. The van der Waals surface area contributed by atoms with Gasteiger partial charge in [-0.05, 0) is 5.41 Å². The van der Waals surface area contributed by atoms with Gasteiger partial charge in [-0.25, -0.2) is 0 Å². The van der Waals surface area contributed by atoms with Gasteiger partial charge < -0.3 is 15.6 Å². The van der Waals surface area contributed by atoms with Crippen molar-refractivity contribution in [1.82, 2.24) is 0 Å². The summed E-state index contributed by atoms with van der Waals surface area (Å²) in [6.45, 7) is 9.08. The molecule has 19 heavy (non-hydrogen) atoms. The van der Waals surface area contributed by atoms with E-state index in [1.54, 1.807) is 0 Å². The monoisotopic (exact) mass is 289 g/mol. The van der Waals surface area contributed by atoms with Gasteiger partial charge >= 0.3 is 0 Å². The van der Waals surface area contributed by atoms with Crippen molar-refractivity contribution in [3.63, 3.8) is 0 Å². The van der Waals surface area contributed by atoms with E-state index in [-0.39, 0.29) is 0 Å². The van der Waals surface area contributed by atoms with Gasteiger partial charge in [-0.15, -0.1) is 30.3 Å². The lowest BCUT2D eigenvalue weighted by Gasteiger charge is -2.18. The Morgan fingerprint density at radius 3 is 0.895 bits per heavy atom. The third kappa shape index (κ3) is 223. The molecule has 0 aliphatic carbocycles. The first-order valence-corrected chi connectivity index (χ1v) is 4.82. The summed E-state index contributed by atoms with van der Waals surface area (Å²) in [6, 6.07) is 0. The molecule has 0 bridgehead atoms. The molecule has 0 aromatic carbocycles. The van der Waals surface area contributed by atoms with E-state index in [2.05, 4.69) is 27.7 Å².